The van der Waals surface area contributed by atoms with Gasteiger partial charge in [-0.2, -0.15) is 0 Å². The zero-order valence-electron chi connectivity index (χ0n) is 14.7. The number of piperidine rings is 1. The Kier molecular flexibility index (Phi) is 5.86. The second-order valence-corrected chi connectivity index (χ2v) is 7.38. The smallest absolute Gasteiger partial charge is 0.411 e. The summed E-state index contributed by atoms with van der Waals surface area (Å²) in [6.45, 7) is 5.81. The van der Waals surface area contributed by atoms with Crippen molar-refractivity contribution in [3.05, 3.63) is 35.9 Å². The largest absolute Gasteiger partial charge is 0.480 e. The van der Waals surface area contributed by atoms with Crippen molar-refractivity contribution in [3.8, 4) is 0 Å². The van der Waals surface area contributed by atoms with Crippen molar-refractivity contribution in [2.75, 3.05) is 6.54 Å². The topological polar surface area (TPSA) is 66.8 Å². The number of hydrogen-bond acceptors (Lipinski definition) is 3. The van der Waals surface area contributed by atoms with E-state index >= 15 is 0 Å². The number of carbonyl (C=O) groups is 2. The molecular weight excluding hydrogens is 306 g/mol. The van der Waals surface area contributed by atoms with Crippen molar-refractivity contribution in [1.29, 1.82) is 0 Å². The van der Waals surface area contributed by atoms with E-state index < -0.39 is 23.7 Å². The van der Waals surface area contributed by atoms with Gasteiger partial charge in [-0.1, -0.05) is 30.3 Å². The number of carboxylic acids is 1. The number of rotatable bonds is 4. The molecule has 1 N–H and O–H groups in total. The number of likely N-dealkylation sites (tertiary alicyclic amines) is 1. The number of hydrogen-bond donors (Lipinski definition) is 1. The first kappa shape index (κ1) is 18.3. The summed E-state index contributed by atoms with van der Waals surface area (Å²) >= 11 is 0. The normalized spacial score (nSPS) is 21.4. The Balaban J connectivity index is 2.07. The lowest BCUT2D eigenvalue weighted by molar-refractivity contribution is -0.147. The van der Waals surface area contributed by atoms with Gasteiger partial charge in [-0.25, -0.2) is 9.59 Å². The molecule has 0 saturated carbocycles. The molecule has 132 valence electrons. The van der Waals surface area contributed by atoms with Crippen molar-refractivity contribution in [2.45, 2.75) is 58.1 Å². The Morgan fingerprint density at radius 1 is 1.25 bits per heavy atom. The number of nitrogens with zero attached hydrogens (tertiary/aromatic N) is 1. The average molecular weight is 333 g/mol. The minimum Gasteiger partial charge on any atom is -0.480 e. The van der Waals surface area contributed by atoms with Crippen molar-refractivity contribution in [2.24, 2.45) is 5.92 Å². The molecule has 0 spiro atoms. The van der Waals surface area contributed by atoms with E-state index in [9.17, 15) is 14.7 Å². The van der Waals surface area contributed by atoms with E-state index in [1.807, 2.05) is 30.3 Å². The molecular formula is C19H27NO4. The molecule has 1 amide bonds. The van der Waals surface area contributed by atoms with Gasteiger partial charge >= 0.3 is 12.1 Å². The first-order chi connectivity index (χ1) is 11.3. The van der Waals surface area contributed by atoms with Crippen LogP contribution in [-0.2, 0) is 16.0 Å². The van der Waals surface area contributed by atoms with E-state index in [1.165, 1.54) is 10.5 Å². The first-order valence-corrected chi connectivity index (χ1v) is 8.54. The molecule has 0 aliphatic carbocycles. The van der Waals surface area contributed by atoms with Gasteiger partial charge in [0.25, 0.3) is 0 Å². The SMILES string of the molecule is CC(C)(C)OC(=O)N1CCC[C@H](CCc2ccccc2)[C@@H]1C(=O)O. The van der Waals surface area contributed by atoms with Gasteiger partial charge in [-0.15, -0.1) is 0 Å². The summed E-state index contributed by atoms with van der Waals surface area (Å²) in [5, 5.41) is 9.67. The predicted molar refractivity (Wildman–Crippen MR) is 91.9 cm³/mol. The fourth-order valence-electron chi connectivity index (χ4n) is 3.23. The van der Waals surface area contributed by atoms with Crippen molar-refractivity contribution in [1.82, 2.24) is 4.90 Å². The molecule has 1 aliphatic heterocycles. The van der Waals surface area contributed by atoms with Crippen molar-refractivity contribution >= 4 is 12.1 Å². The van der Waals surface area contributed by atoms with Crippen LogP contribution in [0.1, 0.15) is 45.6 Å². The molecule has 1 aromatic rings. The van der Waals surface area contributed by atoms with Crippen LogP contribution in [0.15, 0.2) is 30.3 Å². The summed E-state index contributed by atoms with van der Waals surface area (Å²) in [4.78, 5) is 25.6. The van der Waals surface area contributed by atoms with Crippen LogP contribution in [0.5, 0.6) is 0 Å². The monoisotopic (exact) mass is 333 g/mol. The van der Waals surface area contributed by atoms with Crippen LogP contribution < -0.4 is 0 Å². The highest BCUT2D eigenvalue weighted by atomic mass is 16.6. The number of ether oxygens (including phenoxy) is 1. The van der Waals surface area contributed by atoms with Gasteiger partial charge in [0.05, 0.1) is 0 Å². The Bertz CT molecular complexity index is 564. The lowest BCUT2D eigenvalue weighted by Crippen LogP contribution is -2.53. The van der Waals surface area contributed by atoms with Crippen molar-refractivity contribution in [3.63, 3.8) is 0 Å². The molecule has 1 fully saturated rings. The zero-order valence-corrected chi connectivity index (χ0v) is 14.7. The standard InChI is InChI=1S/C19H27NO4/c1-19(2,3)24-18(23)20-13-7-10-15(16(20)17(21)22)12-11-14-8-5-4-6-9-14/h4-6,8-9,15-16H,7,10-13H2,1-3H3,(H,21,22)/t15-,16-/m1/s1. The molecule has 24 heavy (non-hydrogen) atoms. The van der Waals surface area contributed by atoms with E-state index in [0.717, 1.165) is 25.7 Å². The second-order valence-electron chi connectivity index (χ2n) is 7.38. The number of carboxylic acid groups (broad SMARTS) is 1. The first-order valence-electron chi connectivity index (χ1n) is 8.54. The summed E-state index contributed by atoms with van der Waals surface area (Å²) in [5.41, 5.74) is 0.563. The Hall–Kier alpha value is -2.04. The van der Waals surface area contributed by atoms with E-state index in [-0.39, 0.29) is 5.92 Å². The lowest BCUT2D eigenvalue weighted by Gasteiger charge is -2.39. The molecule has 0 radical (unpaired) electrons. The van der Waals surface area contributed by atoms with Crippen LogP contribution in [0.3, 0.4) is 0 Å². The third kappa shape index (κ3) is 4.98. The Morgan fingerprint density at radius 3 is 2.50 bits per heavy atom. The predicted octanol–water partition coefficient (Wildman–Crippen LogP) is 3.72. The van der Waals surface area contributed by atoms with E-state index in [1.54, 1.807) is 20.8 Å². The van der Waals surface area contributed by atoms with E-state index in [2.05, 4.69) is 0 Å². The molecule has 5 heteroatoms. The third-order valence-corrected chi connectivity index (χ3v) is 4.28. The fraction of sp³-hybridized carbons (Fsp3) is 0.579. The number of aliphatic carboxylic acids is 1. The molecule has 1 aromatic carbocycles. The number of amides is 1. The highest BCUT2D eigenvalue weighted by Gasteiger charge is 2.40. The highest BCUT2D eigenvalue weighted by Crippen LogP contribution is 2.29. The number of benzene rings is 1. The molecule has 1 heterocycles. The number of aryl methyl sites for hydroxylation is 1. The quantitative estimate of drug-likeness (QED) is 0.912. The average Bonchev–Trinajstić information content (AvgIpc) is 2.51. The minimum atomic E-state index is -0.946. The third-order valence-electron chi connectivity index (χ3n) is 4.28. The summed E-state index contributed by atoms with van der Waals surface area (Å²) < 4.78 is 5.39. The van der Waals surface area contributed by atoms with Crippen LogP contribution in [0.2, 0.25) is 0 Å². The molecule has 2 atom stereocenters. The molecule has 0 bridgehead atoms. The summed E-state index contributed by atoms with van der Waals surface area (Å²) in [7, 11) is 0. The van der Waals surface area contributed by atoms with Gasteiger partial charge in [-0.05, 0) is 57.9 Å². The Morgan fingerprint density at radius 2 is 1.92 bits per heavy atom. The van der Waals surface area contributed by atoms with Crippen LogP contribution in [0.25, 0.3) is 0 Å². The fourth-order valence-corrected chi connectivity index (χ4v) is 3.23. The summed E-state index contributed by atoms with van der Waals surface area (Å²) in [6, 6.07) is 9.22. The Labute approximate surface area is 143 Å². The molecule has 1 aliphatic rings. The minimum absolute atomic E-state index is 0.0519. The van der Waals surface area contributed by atoms with Gasteiger partial charge in [0.15, 0.2) is 0 Å². The maximum atomic E-state index is 12.4. The van der Waals surface area contributed by atoms with Crippen molar-refractivity contribution < 1.29 is 19.4 Å². The number of carbonyl (C=O) groups excluding carboxylic acids is 1. The zero-order chi connectivity index (χ0) is 17.7. The highest BCUT2D eigenvalue weighted by molar-refractivity contribution is 5.80. The molecule has 5 nitrogen and oxygen atoms in total. The van der Waals surface area contributed by atoms with E-state index in [0.29, 0.717) is 6.54 Å². The van der Waals surface area contributed by atoms with Crippen LogP contribution in [-0.4, -0.2) is 40.3 Å². The van der Waals surface area contributed by atoms with Gasteiger partial charge in [0.2, 0.25) is 0 Å². The summed E-state index contributed by atoms with van der Waals surface area (Å²) in [5.74, 6) is -0.998. The van der Waals surface area contributed by atoms with Gasteiger partial charge in [0, 0.05) is 6.54 Å². The molecule has 1 saturated heterocycles. The van der Waals surface area contributed by atoms with Crippen LogP contribution >= 0.6 is 0 Å². The maximum Gasteiger partial charge on any atom is 0.411 e. The van der Waals surface area contributed by atoms with Gasteiger partial charge in [-0.3, -0.25) is 4.90 Å². The maximum absolute atomic E-state index is 12.4. The summed E-state index contributed by atoms with van der Waals surface area (Å²) in [6.07, 6.45) is 2.67. The van der Waals surface area contributed by atoms with E-state index in [4.69, 9.17) is 4.74 Å². The molecule has 2 rings (SSSR count). The lowest BCUT2D eigenvalue weighted by atomic mass is 9.84. The second kappa shape index (κ2) is 7.69. The van der Waals surface area contributed by atoms with Crippen LogP contribution in [0.4, 0.5) is 4.79 Å². The van der Waals surface area contributed by atoms with Gasteiger partial charge < -0.3 is 9.84 Å². The van der Waals surface area contributed by atoms with Crippen LogP contribution in [0, 0.1) is 5.92 Å². The molecule has 0 aromatic heterocycles. The van der Waals surface area contributed by atoms with Gasteiger partial charge in [0.1, 0.15) is 11.6 Å². The molecule has 0 unspecified atom stereocenters.